The highest BCUT2D eigenvalue weighted by molar-refractivity contribution is 5.87. The van der Waals surface area contributed by atoms with Gasteiger partial charge in [0.2, 0.25) is 11.8 Å². The van der Waals surface area contributed by atoms with Crippen LogP contribution in [0.15, 0.2) is 34.5 Å². The van der Waals surface area contributed by atoms with E-state index in [9.17, 15) is 27.6 Å². The van der Waals surface area contributed by atoms with Gasteiger partial charge in [-0.15, -0.1) is 10.2 Å². The maximum Gasteiger partial charge on any atom is 0.442 e. The second-order valence-electron chi connectivity index (χ2n) is 7.46. The minimum atomic E-state index is -4.62. The average Bonchev–Trinajstić information content (AvgIpc) is 3.37. The predicted octanol–water partition coefficient (Wildman–Crippen LogP) is 1.97. The van der Waals surface area contributed by atoms with Crippen LogP contribution in [0.2, 0.25) is 0 Å². The number of nitrogens with one attached hydrogen (secondary N) is 1. The van der Waals surface area contributed by atoms with Gasteiger partial charge in [-0.25, -0.2) is 4.79 Å². The predicted molar refractivity (Wildman–Crippen MR) is 96.7 cm³/mol. The van der Waals surface area contributed by atoms with Crippen molar-refractivity contribution in [2.45, 2.75) is 43.6 Å². The summed E-state index contributed by atoms with van der Waals surface area (Å²) in [6.45, 7) is 0. The molecule has 2 amide bonds. The SMILES string of the molecule is COC(=O)C(Cc1ccc(C2(C(F)(F)F)N=N2)cc1)NC(=O)[C@@H]1CC[C@H](C(N)=O)C1. The molecule has 1 aliphatic heterocycles. The maximum atomic E-state index is 13.1. The first-order valence-electron chi connectivity index (χ1n) is 9.35. The van der Waals surface area contributed by atoms with Crippen LogP contribution in [0.3, 0.4) is 0 Å². The van der Waals surface area contributed by atoms with E-state index in [0.29, 0.717) is 24.8 Å². The number of nitrogens with two attached hydrogens (primary N) is 1. The minimum Gasteiger partial charge on any atom is -0.467 e. The molecule has 162 valence electrons. The van der Waals surface area contributed by atoms with Crippen molar-refractivity contribution in [2.24, 2.45) is 27.8 Å². The van der Waals surface area contributed by atoms with Gasteiger partial charge >= 0.3 is 17.8 Å². The molecule has 8 nitrogen and oxygen atoms in total. The summed E-state index contributed by atoms with van der Waals surface area (Å²) >= 11 is 0. The molecular weight excluding hydrogens is 405 g/mol. The molecule has 1 aliphatic carbocycles. The van der Waals surface area contributed by atoms with Crippen molar-refractivity contribution >= 4 is 17.8 Å². The van der Waals surface area contributed by atoms with Crippen molar-refractivity contribution in [1.82, 2.24) is 5.32 Å². The molecule has 0 radical (unpaired) electrons. The molecule has 1 unspecified atom stereocenters. The Bertz CT molecular complexity index is 864. The summed E-state index contributed by atoms with van der Waals surface area (Å²) in [6.07, 6.45) is -3.29. The second kappa shape index (κ2) is 8.04. The number of rotatable bonds is 7. The Morgan fingerprint density at radius 3 is 2.27 bits per heavy atom. The molecule has 3 atom stereocenters. The Hall–Kier alpha value is -2.98. The highest BCUT2D eigenvalue weighted by Gasteiger charge is 2.65. The van der Waals surface area contributed by atoms with E-state index in [0.717, 1.165) is 0 Å². The number of hydrogen-bond donors (Lipinski definition) is 2. The molecule has 2 aliphatic rings. The van der Waals surface area contributed by atoms with Crippen molar-refractivity contribution in [2.75, 3.05) is 7.11 Å². The summed E-state index contributed by atoms with van der Waals surface area (Å²) in [5.74, 6) is -2.35. The lowest BCUT2D eigenvalue weighted by Crippen LogP contribution is -2.45. The Balaban J connectivity index is 1.66. The first-order chi connectivity index (χ1) is 14.1. The van der Waals surface area contributed by atoms with Crippen LogP contribution in [-0.2, 0) is 31.2 Å². The smallest absolute Gasteiger partial charge is 0.442 e. The van der Waals surface area contributed by atoms with Gasteiger partial charge in [-0.1, -0.05) is 24.3 Å². The zero-order valence-electron chi connectivity index (χ0n) is 16.1. The molecule has 30 heavy (non-hydrogen) atoms. The van der Waals surface area contributed by atoms with Crippen LogP contribution in [-0.4, -0.2) is 37.1 Å². The largest absolute Gasteiger partial charge is 0.467 e. The van der Waals surface area contributed by atoms with Crippen LogP contribution in [0.25, 0.3) is 0 Å². The van der Waals surface area contributed by atoms with Gasteiger partial charge in [0.1, 0.15) is 6.04 Å². The number of carbonyl (C=O) groups excluding carboxylic acids is 3. The fourth-order valence-electron chi connectivity index (χ4n) is 3.65. The number of benzene rings is 1. The van der Waals surface area contributed by atoms with Crippen molar-refractivity contribution in [3.05, 3.63) is 35.4 Å². The zero-order valence-corrected chi connectivity index (χ0v) is 16.1. The number of nitrogens with zero attached hydrogens (tertiary/aromatic N) is 2. The van der Waals surface area contributed by atoms with E-state index in [1.165, 1.54) is 31.4 Å². The summed E-state index contributed by atoms with van der Waals surface area (Å²) in [4.78, 5) is 35.9. The minimum absolute atomic E-state index is 0.0258. The lowest BCUT2D eigenvalue weighted by atomic mass is 9.98. The molecule has 1 saturated carbocycles. The fourth-order valence-corrected chi connectivity index (χ4v) is 3.65. The number of esters is 1. The average molecular weight is 426 g/mol. The number of ether oxygens (including phenoxy) is 1. The van der Waals surface area contributed by atoms with E-state index >= 15 is 0 Å². The Morgan fingerprint density at radius 2 is 1.80 bits per heavy atom. The Morgan fingerprint density at radius 1 is 1.20 bits per heavy atom. The normalized spacial score (nSPS) is 22.9. The maximum absolute atomic E-state index is 13.1. The third kappa shape index (κ3) is 4.29. The van der Waals surface area contributed by atoms with E-state index < -0.39 is 41.6 Å². The number of hydrogen-bond acceptors (Lipinski definition) is 6. The van der Waals surface area contributed by atoms with Gasteiger partial charge in [-0.3, -0.25) is 9.59 Å². The molecule has 11 heteroatoms. The van der Waals surface area contributed by atoms with Crippen LogP contribution in [0, 0.1) is 11.8 Å². The molecule has 3 rings (SSSR count). The molecule has 0 saturated heterocycles. The number of carbonyl (C=O) groups is 3. The van der Waals surface area contributed by atoms with Crippen LogP contribution in [0.5, 0.6) is 0 Å². The van der Waals surface area contributed by atoms with Gasteiger partial charge in [-0.05, 0) is 24.8 Å². The lowest BCUT2D eigenvalue weighted by molar-refractivity contribution is -0.166. The Labute approximate surface area is 170 Å². The summed E-state index contributed by atoms with van der Waals surface area (Å²) < 4.78 is 44.0. The van der Waals surface area contributed by atoms with Crippen LogP contribution < -0.4 is 11.1 Å². The lowest BCUT2D eigenvalue weighted by Gasteiger charge is -2.20. The van der Waals surface area contributed by atoms with Gasteiger partial charge in [-0.2, -0.15) is 13.2 Å². The quantitative estimate of drug-likeness (QED) is 0.647. The third-order valence-electron chi connectivity index (χ3n) is 5.50. The number of primary amides is 1. The third-order valence-corrected chi connectivity index (χ3v) is 5.50. The topological polar surface area (TPSA) is 123 Å². The molecule has 1 aromatic carbocycles. The molecule has 1 fully saturated rings. The number of amides is 2. The van der Waals surface area contributed by atoms with E-state index in [2.05, 4.69) is 15.5 Å². The number of methoxy groups -OCH3 is 1. The summed E-state index contributed by atoms with van der Waals surface area (Å²) in [5, 5.41) is 8.91. The molecule has 1 aromatic rings. The van der Waals surface area contributed by atoms with Crippen molar-refractivity contribution in [3.63, 3.8) is 0 Å². The highest BCUT2D eigenvalue weighted by Crippen LogP contribution is 2.52. The second-order valence-corrected chi connectivity index (χ2v) is 7.46. The molecule has 1 heterocycles. The molecule has 0 bridgehead atoms. The van der Waals surface area contributed by atoms with Crippen LogP contribution in [0.4, 0.5) is 13.2 Å². The van der Waals surface area contributed by atoms with Crippen molar-refractivity contribution in [1.29, 1.82) is 0 Å². The van der Waals surface area contributed by atoms with E-state index in [4.69, 9.17) is 10.5 Å². The van der Waals surface area contributed by atoms with E-state index in [1.807, 2.05) is 0 Å². The molecule has 0 spiro atoms. The van der Waals surface area contributed by atoms with Crippen LogP contribution in [0.1, 0.15) is 30.4 Å². The number of alkyl halides is 3. The van der Waals surface area contributed by atoms with Gasteiger partial charge in [0.25, 0.3) is 0 Å². The molecular formula is C19H21F3N4O4. The van der Waals surface area contributed by atoms with Crippen molar-refractivity contribution in [3.8, 4) is 0 Å². The van der Waals surface area contributed by atoms with Gasteiger partial charge < -0.3 is 15.8 Å². The van der Waals surface area contributed by atoms with Crippen LogP contribution >= 0.6 is 0 Å². The summed E-state index contributed by atoms with van der Waals surface area (Å²) in [5.41, 5.74) is 3.16. The first kappa shape index (κ1) is 21.7. The van der Waals surface area contributed by atoms with Crippen molar-refractivity contribution < 1.29 is 32.3 Å². The zero-order chi connectivity index (χ0) is 22.1. The van der Waals surface area contributed by atoms with Gasteiger partial charge in [0.05, 0.1) is 7.11 Å². The van der Waals surface area contributed by atoms with E-state index in [1.54, 1.807) is 0 Å². The Kier molecular flexibility index (Phi) is 5.82. The standard InChI is InChI=1S/C19H21F3N4O4/c1-30-17(29)14(24-16(28)12-5-4-11(9-12)15(23)27)8-10-2-6-13(7-3-10)18(25-26-18)19(20,21)22/h2-3,6-7,11-12,14H,4-5,8-9H2,1H3,(H2,23,27)(H,24,28)/t11-,12+,14?/m0/s1. The number of halogens is 3. The monoisotopic (exact) mass is 426 g/mol. The molecule has 0 aromatic heterocycles. The van der Waals surface area contributed by atoms with Gasteiger partial charge in [0.15, 0.2) is 0 Å². The van der Waals surface area contributed by atoms with Gasteiger partial charge in [0, 0.05) is 23.8 Å². The first-order valence-corrected chi connectivity index (χ1v) is 9.35. The summed E-state index contributed by atoms with van der Waals surface area (Å²) in [7, 11) is 1.17. The fraction of sp³-hybridized carbons (Fsp3) is 0.526. The summed E-state index contributed by atoms with van der Waals surface area (Å²) in [6, 6.07) is 4.31. The van der Waals surface area contributed by atoms with E-state index in [-0.39, 0.29) is 17.9 Å². The highest BCUT2D eigenvalue weighted by atomic mass is 19.4. The molecule has 3 N–H and O–H groups in total.